The lowest BCUT2D eigenvalue weighted by atomic mass is 9.70. The molecule has 2 atom stereocenters. The highest BCUT2D eigenvalue weighted by atomic mass is 16.2. The largest absolute Gasteiger partial charge is 0.373 e. The smallest absolute Gasteiger partial charge is 0.315 e. The van der Waals surface area contributed by atoms with Gasteiger partial charge in [0, 0.05) is 25.8 Å². The van der Waals surface area contributed by atoms with E-state index in [9.17, 15) is 4.79 Å². The van der Waals surface area contributed by atoms with E-state index < -0.39 is 0 Å². The third-order valence-corrected chi connectivity index (χ3v) is 4.54. The summed E-state index contributed by atoms with van der Waals surface area (Å²) in [6, 6.07) is 4.04. The van der Waals surface area contributed by atoms with E-state index >= 15 is 0 Å². The summed E-state index contributed by atoms with van der Waals surface area (Å²) in [7, 11) is 1.83. The van der Waals surface area contributed by atoms with E-state index in [4.69, 9.17) is 0 Å². The summed E-state index contributed by atoms with van der Waals surface area (Å²) in [5.41, 5.74) is 1.43. The summed E-state index contributed by atoms with van der Waals surface area (Å²) in [6.07, 6.45) is 5.12. The minimum atomic E-state index is -0.0839. The molecule has 1 aromatic heterocycles. The molecular formula is C17H28N4O. The monoisotopic (exact) mass is 304 g/mol. The number of carbonyl (C=O) groups excluding carboxylic acids is 1. The Hall–Kier alpha value is -1.78. The maximum Gasteiger partial charge on any atom is 0.315 e. The lowest BCUT2D eigenvalue weighted by Crippen LogP contribution is -2.48. The van der Waals surface area contributed by atoms with Gasteiger partial charge in [-0.15, -0.1) is 0 Å². The number of nitrogens with one attached hydrogen (secondary N) is 3. The lowest BCUT2D eigenvalue weighted by Gasteiger charge is -2.39. The number of urea groups is 1. The van der Waals surface area contributed by atoms with Crippen LogP contribution in [0.2, 0.25) is 0 Å². The normalized spacial score (nSPS) is 23.6. The van der Waals surface area contributed by atoms with Crippen LogP contribution in [-0.2, 0) is 6.54 Å². The molecule has 5 heteroatoms. The van der Waals surface area contributed by atoms with Gasteiger partial charge < -0.3 is 16.0 Å². The van der Waals surface area contributed by atoms with Crippen LogP contribution in [0.15, 0.2) is 18.3 Å². The summed E-state index contributed by atoms with van der Waals surface area (Å²) in [5, 5.41) is 9.05. The second kappa shape index (κ2) is 6.99. The van der Waals surface area contributed by atoms with Crippen LogP contribution < -0.4 is 16.0 Å². The Balaban J connectivity index is 1.80. The average molecular weight is 304 g/mol. The molecule has 1 aliphatic carbocycles. The maximum absolute atomic E-state index is 12.1. The zero-order valence-corrected chi connectivity index (χ0v) is 14.1. The van der Waals surface area contributed by atoms with Crippen molar-refractivity contribution in [2.24, 2.45) is 11.3 Å². The van der Waals surface area contributed by atoms with Gasteiger partial charge in [-0.3, -0.25) is 0 Å². The van der Waals surface area contributed by atoms with Gasteiger partial charge in [0.2, 0.25) is 0 Å². The molecule has 1 aliphatic rings. The van der Waals surface area contributed by atoms with E-state index in [2.05, 4.69) is 41.7 Å². The van der Waals surface area contributed by atoms with Crippen molar-refractivity contribution in [3.05, 3.63) is 23.9 Å². The van der Waals surface area contributed by atoms with Crippen LogP contribution in [0.3, 0.4) is 0 Å². The molecule has 1 heterocycles. The zero-order valence-electron chi connectivity index (χ0n) is 14.1. The quantitative estimate of drug-likeness (QED) is 0.800. The molecule has 0 bridgehead atoms. The van der Waals surface area contributed by atoms with E-state index in [0.717, 1.165) is 30.6 Å². The first-order valence-electron chi connectivity index (χ1n) is 8.07. The highest BCUT2D eigenvalue weighted by Crippen LogP contribution is 2.38. The van der Waals surface area contributed by atoms with Crippen LogP contribution in [0.4, 0.5) is 10.6 Å². The number of hydrogen-bond donors (Lipinski definition) is 3. The fourth-order valence-electron chi connectivity index (χ4n) is 3.28. The van der Waals surface area contributed by atoms with Crippen molar-refractivity contribution in [1.29, 1.82) is 0 Å². The number of anilines is 1. The molecule has 1 aromatic rings. The summed E-state index contributed by atoms with van der Waals surface area (Å²) in [5.74, 6) is 1.33. The molecule has 122 valence electrons. The fourth-order valence-corrected chi connectivity index (χ4v) is 3.28. The van der Waals surface area contributed by atoms with E-state index in [0.29, 0.717) is 17.9 Å². The minimum Gasteiger partial charge on any atom is -0.373 e. The number of amides is 2. The number of nitrogens with zero attached hydrogens (tertiary/aromatic N) is 1. The van der Waals surface area contributed by atoms with Crippen molar-refractivity contribution in [1.82, 2.24) is 15.6 Å². The Bertz CT molecular complexity index is 515. The Labute approximate surface area is 133 Å². The molecule has 0 spiro atoms. The van der Waals surface area contributed by atoms with Crippen LogP contribution in [0.1, 0.15) is 45.6 Å². The predicted octanol–water partition coefficient (Wildman–Crippen LogP) is 3.14. The first kappa shape index (κ1) is 16.6. The molecule has 0 aromatic carbocycles. The number of hydrogen-bond acceptors (Lipinski definition) is 3. The zero-order chi connectivity index (χ0) is 16.2. The summed E-state index contributed by atoms with van der Waals surface area (Å²) < 4.78 is 0. The van der Waals surface area contributed by atoms with Gasteiger partial charge in [-0.05, 0) is 48.3 Å². The molecule has 2 rings (SSSR count). The predicted molar refractivity (Wildman–Crippen MR) is 89.7 cm³/mol. The Morgan fingerprint density at radius 3 is 2.91 bits per heavy atom. The molecule has 2 amide bonds. The number of carbonyl (C=O) groups is 1. The van der Waals surface area contributed by atoms with Gasteiger partial charge in [-0.2, -0.15) is 0 Å². The fraction of sp³-hybridized carbons (Fsp3) is 0.647. The second-order valence-electron chi connectivity index (χ2n) is 7.12. The molecule has 2 unspecified atom stereocenters. The first-order valence-corrected chi connectivity index (χ1v) is 8.07. The van der Waals surface area contributed by atoms with E-state index in [1.54, 1.807) is 6.20 Å². The third-order valence-electron chi connectivity index (χ3n) is 4.54. The summed E-state index contributed by atoms with van der Waals surface area (Å²) >= 11 is 0. The standard InChI is InChI=1S/C17H28N4O/c1-12-10-17(2,3)7-5-14(12)21-16(22)20-11-13-6-8-19-15(9-13)18-4/h6,8-9,12,14H,5,7,10-11H2,1-4H3,(H,18,19)(H2,20,21,22). The number of pyridine rings is 1. The van der Waals surface area contributed by atoms with Gasteiger partial charge in [0.25, 0.3) is 0 Å². The van der Waals surface area contributed by atoms with Gasteiger partial charge in [-0.25, -0.2) is 9.78 Å². The van der Waals surface area contributed by atoms with Gasteiger partial charge >= 0.3 is 6.03 Å². The van der Waals surface area contributed by atoms with E-state index in [1.165, 1.54) is 0 Å². The highest BCUT2D eigenvalue weighted by Gasteiger charge is 2.32. The SMILES string of the molecule is CNc1cc(CNC(=O)NC2CCC(C)(C)CC2C)ccn1. The molecular weight excluding hydrogens is 276 g/mol. The van der Waals surface area contributed by atoms with Crippen LogP contribution in [0.25, 0.3) is 0 Å². The molecule has 0 saturated heterocycles. The van der Waals surface area contributed by atoms with Gasteiger partial charge in [0.1, 0.15) is 5.82 Å². The van der Waals surface area contributed by atoms with Gasteiger partial charge in [0.05, 0.1) is 0 Å². The van der Waals surface area contributed by atoms with E-state index in [-0.39, 0.29) is 12.1 Å². The van der Waals surface area contributed by atoms with Crippen molar-refractivity contribution in [3.8, 4) is 0 Å². The summed E-state index contributed by atoms with van der Waals surface area (Å²) in [4.78, 5) is 16.3. The lowest BCUT2D eigenvalue weighted by molar-refractivity contribution is 0.149. The Morgan fingerprint density at radius 1 is 1.45 bits per heavy atom. The van der Waals surface area contributed by atoms with Crippen molar-refractivity contribution >= 4 is 11.8 Å². The van der Waals surface area contributed by atoms with E-state index in [1.807, 2.05) is 19.2 Å². The van der Waals surface area contributed by atoms with Crippen LogP contribution in [0.5, 0.6) is 0 Å². The van der Waals surface area contributed by atoms with Crippen molar-refractivity contribution < 1.29 is 4.79 Å². The van der Waals surface area contributed by atoms with Crippen molar-refractivity contribution in [2.45, 2.75) is 52.6 Å². The average Bonchev–Trinajstić information content (AvgIpc) is 2.48. The molecule has 1 fully saturated rings. The molecule has 22 heavy (non-hydrogen) atoms. The van der Waals surface area contributed by atoms with Crippen LogP contribution in [0, 0.1) is 11.3 Å². The highest BCUT2D eigenvalue weighted by molar-refractivity contribution is 5.74. The van der Waals surface area contributed by atoms with Gasteiger partial charge in [0.15, 0.2) is 0 Å². The Kier molecular flexibility index (Phi) is 5.27. The first-order chi connectivity index (χ1) is 10.4. The molecule has 5 nitrogen and oxygen atoms in total. The van der Waals surface area contributed by atoms with Crippen molar-refractivity contribution in [3.63, 3.8) is 0 Å². The Morgan fingerprint density at radius 2 is 2.23 bits per heavy atom. The number of aromatic nitrogens is 1. The topological polar surface area (TPSA) is 66.0 Å². The molecule has 0 radical (unpaired) electrons. The summed E-state index contributed by atoms with van der Waals surface area (Å²) in [6.45, 7) is 7.36. The third kappa shape index (κ3) is 4.61. The molecule has 1 saturated carbocycles. The molecule has 0 aliphatic heterocycles. The van der Waals surface area contributed by atoms with Crippen molar-refractivity contribution in [2.75, 3.05) is 12.4 Å². The second-order valence-corrected chi connectivity index (χ2v) is 7.12. The maximum atomic E-state index is 12.1. The number of rotatable bonds is 4. The molecule has 3 N–H and O–H groups in total. The van der Waals surface area contributed by atoms with Crippen LogP contribution in [-0.4, -0.2) is 24.1 Å². The minimum absolute atomic E-state index is 0.0839. The van der Waals surface area contributed by atoms with Gasteiger partial charge in [-0.1, -0.05) is 20.8 Å². The van der Waals surface area contributed by atoms with Crippen LogP contribution >= 0.6 is 0 Å².